The quantitative estimate of drug-likeness (QED) is 0.664. The van der Waals surface area contributed by atoms with Gasteiger partial charge in [-0.3, -0.25) is 4.79 Å². The third kappa shape index (κ3) is 3.64. The Morgan fingerprint density at radius 3 is 2.71 bits per heavy atom. The van der Waals surface area contributed by atoms with Crippen molar-refractivity contribution in [1.82, 2.24) is 5.32 Å². The van der Waals surface area contributed by atoms with Gasteiger partial charge in [0.25, 0.3) is 5.91 Å². The number of carbonyl (C=O) groups excluding carboxylic acids is 2. The van der Waals surface area contributed by atoms with E-state index in [1.54, 1.807) is 12.1 Å². The number of esters is 1. The molecule has 0 bridgehead atoms. The normalized spacial score (nSPS) is 11.8. The minimum Gasteiger partial charge on any atom is -0.488 e. The van der Waals surface area contributed by atoms with E-state index in [-0.39, 0.29) is 11.9 Å². The molecule has 1 aliphatic heterocycles. The second kappa shape index (κ2) is 7.86. The molecule has 0 fully saturated rings. The van der Waals surface area contributed by atoms with Crippen LogP contribution in [-0.2, 0) is 17.8 Å². The van der Waals surface area contributed by atoms with Crippen molar-refractivity contribution >= 4 is 23.2 Å². The van der Waals surface area contributed by atoms with Crippen LogP contribution < -0.4 is 10.1 Å². The first-order chi connectivity index (χ1) is 13.7. The first-order valence-corrected chi connectivity index (χ1v) is 9.77. The highest BCUT2D eigenvalue weighted by atomic mass is 32.1. The molecule has 1 aromatic heterocycles. The van der Waals surface area contributed by atoms with Crippen molar-refractivity contribution in [3.63, 3.8) is 0 Å². The molecule has 0 spiro atoms. The highest BCUT2D eigenvalue weighted by Gasteiger charge is 2.22. The van der Waals surface area contributed by atoms with E-state index in [1.165, 1.54) is 18.4 Å². The van der Waals surface area contributed by atoms with Gasteiger partial charge < -0.3 is 14.8 Å². The summed E-state index contributed by atoms with van der Waals surface area (Å²) in [5.41, 5.74) is 3.65. The van der Waals surface area contributed by atoms with E-state index in [2.05, 4.69) is 5.32 Å². The van der Waals surface area contributed by atoms with Crippen molar-refractivity contribution in [3.05, 3.63) is 76.2 Å². The Labute approximate surface area is 166 Å². The van der Waals surface area contributed by atoms with Gasteiger partial charge in [0.1, 0.15) is 12.4 Å². The van der Waals surface area contributed by atoms with E-state index < -0.39 is 0 Å². The smallest absolute Gasteiger partial charge is 0.337 e. The van der Waals surface area contributed by atoms with E-state index in [1.807, 2.05) is 42.5 Å². The summed E-state index contributed by atoms with van der Waals surface area (Å²) in [7, 11) is 1.36. The minimum atomic E-state index is -0.355. The molecule has 3 aromatic rings. The molecule has 142 valence electrons. The second-order valence-corrected chi connectivity index (χ2v) is 7.50. The average molecular weight is 393 g/mol. The molecule has 0 saturated heterocycles. The lowest BCUT2D eigenvalue weighted by Gasteiger charge is -2.16. The maximum absolute atomic E-state index is 12.5. The van der Waals surface area contributed by atoms with Gasteiger partial charge >= 0.3 is 5.97 Å². The summed E-state index contributed by atoms with van der Waals surface area (Å²) in [6.07, 6.45) is 0.685. The van der Waals surface area contributed by atoms with Crippen LogP contribution >= 0.6 is 11.3 Å². The van der Waals surface area contributed by atoms with Crippen LogP contribution in [-0.4, -0.2) is 25.5 Å². The van der Waals surface area contributed by atoms with Gasteiger partial charge in [-0.1, -0.05) is 24.3 Å². The van der Waals surface area contributed by atoms with Crippen molar-refractivity contribution in [2.75, 3.05) is 13.7 Å². The first kappa shape index (κ1) is 18.3. The zero-order valence-electron chi connectivity index (χ0n) is 15.4. The van der Waals surface area contributed by atoms with Crippen molar-refractivity contribution in [3.8, 4) is 16.2 Å². The second-order valence-electron chi connectivity index (χ2n) is 6.44. The van der Waals surface area contributed by atoms with Crippen LogP contribution in [0, 0.1) is 0 Å². The number of thiophene rings is 1. The molecule has 1 amide bonds. The molecule has 1 N–H and O–H groups in total. The molecular weight excluding hydrogens is 374 g/mol. The third-order valence-corrected chi connectivity index (χ3v) is 5.83. The fraction of sp³-hybridized carbons (Fsp3) is 0.182. The Bertz CT molecular complexity index is 1020. The Kier molecular flexibility index (Phi) is 5.12. The molecule has 6 heteroatoms. The third-order valence-electron chi connectivity index (χ3n) is 4.62. The van der Waals surface area contributed by atoms with Crippen molar-refractivity contribution in [2.45, 2.75) is 13.0 Å². The van der Waals surface area contributed by atoms with Gasteiger partial charge in [-0.25, -0.2) is 4.79 Å². The predicted molar refractivity (Wildman–Crippen MR) is 108 cm³/mol. The Morgan fingerprint density at radius 1 is 1.14 bits per heavy atom. The van der Waals surface area contributed by atoms with E-state index >= 15 is 0 Å². The number of hydrogen-bond acceptors (Lipinski definition) is 5. The summed E-state index contributed by atoms with van der Waals surface area (Å²) in [6.45, 7) is 1.01. The summed E-state index contributed by atoms with van der Waals surface area (Å²) >= 11 is 1.50. The number of amides is 1. The van der Waals surface area contributed by atoms with E-state index in [9.17, 15) is 9.59 Å². The minimum absolute atomic E-state index is 0.0805. The first-order valence-electron chi connectivity index (χ1n) is 8.96. The number of fused-ring (bicyclic) bond motifs is 3. The largest absolute Gasteiger partial charge is 0.488 e. The van der Waals surface area contributed by atoms with Crippen LogP contribution in [0.25, 0.3) is 10.4 Å². The molecular formula is C22H19NO4S. The number of rotatable bonds is 5. The summed E-state index contributed by atoms with van der Waals surface area (Å²) < 4.78 is 10.4. The van der Waals surface area contributed by atoms with Gasteiger partial charge in [-0.05, 0) is 42.3 Å². The lowest BCUT2D eigenvalue weighted by Crippen LogP contribution is -2.24. The lowest BCUT2D eigenvalue weighted by molar-refractivity contribution is 0.0600. The van der Waals surface area contributed by atoms with Gasteiger partial charge in [-0.15, -0.1) is 11.3 Å². The fourth-order valence-corrected chi connectivity index (χ4v) is 4.26. The summed E-state index contributed by atoms with van der Waals surface area (Å²) in [6, 6.07) is 17.0. The summed E-state index contributed by atoms with van der Waals surface area (Å²) in [5, 5.41) is 2.97. The summed E-state index contributed by atoms with van der Waals surface area (Å²) in [5.74, 6) is 0.425. The standard InChI is InChI=1S/C22H19NO4S/c1-26-22(25)15-8-6-14(7-9-15)10-11-23-21(24)19-12-16-13-27-18-5-3-2-4-17(18)20(16)28-19/h2-9,12H,10-11,13H2,1H3,(H,23,24). The van der Waals surface area contributed by atoms with Crippen LogP contribution in [0.5, 0.6) is 5.75 Å². The molecule has 0 saturated carbocycles. The number of carbonyl (C=O) groups is 2. The highest BCUT2D eigenvalue weighted by Crippen LogP contribution is 2.42. The molecule has 1 aliphatic rings. The number of ether oxygens (including phenoxy) is 2. The fourth-order valence-electron chi connectivity index (χ4n) is 3.14. The average Bonchev–Trinajstić information content (AvgIpc) is 3.19. The molecule has 4 rings (SSSR count). The van der Waals surface area contributed by atoms with E-state index in [0.717, 1.165) is 27.3 Å². The van der Waals surface area contributed by atoms with Crippen LogP contribution in [0.4, 0.5) is 0 Å². The zero-order valence-corrected chi connectivity index (χ0v) is 16.2. The molecule has 2 heterocycles. The van der Waals surface area contributed by atoms with E-state index in [4.69, 9.17) is 9.47 Å². The summed E-state index contributed by atoms with van der Waals surface area (Å²) in [4.78, 5) is 25.8. The van der Waals surface area contributed by atoms with Crippen molar-refractivity contribution in [1.29, 1.82) is 0 Å². The molecule has 0 aliphatic carbocycles. The van der Waals surface area contributed by atoms with Gasteiger partial charge in [0.15, 0.2) is 0 Å². The number of benzene rings is 2. The van der Waals surface area contributed by atoms with Gasteiger partial charge in [0, 0.05) is 22.5 Å². The van der Waals surface area contributed by atoms with Crippen LogP contribution in [0.3, 0.4) is 0 Å². The maximum Gasteiger partial charge on any atom is 0.337 e. The molecule has 0 unspecified atom stereocenters. The number of nitrogens with one attached hydrogen (secondary N) is 1. The molecule has 5 nitrogen and oxygen atoms in total. The van der Waals surface area contributed by atoms with Crippen LogP contribution in [0.2, 0.25) is 0 Å². The Morgan fingerprint density at radius 2 is 1.93 bits per heavy atom. The monoisotopic (exact) mass is 393 g/mol. The molecule has 2 aromatic carbocycles. The highest BCUT2D eigenvalue weighted by molar-refractivity contribution is 7.17. The molecule has 28 heavy (non-hydrogen) atoms. The van der Waals surface area contributed by atoms with Crippen LogP contribution in [0.15, 0.2) is 54.6 Å². The Balaban J connectivity index is 1.38. The predicted octanol–water partition coefficient (Wildman–Crippen LogP) is 4.07. The number of hydrogen-bond donors (Lipinski definition) is 1. The Hall–Kier alpha value is -3.12. The number of methoxy groups -OCH3 is 1. The SMILES string of the molecule is COC(=O)c1ccc(CCNC(=O)c2cc3c(s2)-c2ccccc2OC3)cc1. The van der Waals surface area contributed by atoms with Gasteiger partial charge in [-0.2, -0.15) is 0 Å². The van der Waals surface area contributed by atoms with Crippen molar-refractivity contribution in [2.24, 2.45) is 0 Å². The molecule has 0 radical (unpaired) electrons. The topological polar surface area (TPSA) is 64.6 Å². The van der Waals surface area contributed by atoms with E-state index in [0.29, 0.717) is 30.0 Å². The number of para-hydroxylation sites is 1. The van der Waals surface area contributed by atoms with Gasteiger partial charge in [0.2, 0.25) is 0 Å². The molecule has 0 atom stereocenters. The maximum atomic E-state index is 12.5. The van der Waals surface area contributed by atoms with Crippen LogP contribution in [0.1, 0.15) is 31.2 Å². The lowest BCUT2D eigenvalue weighted by atomic mass is 10.1. The van der Waals surface area contributed by atoms with Crippen molar-refractivity contribution < 1.29 is 19.1 Å². The van der Waals surface area contributed by atoms with Gasteiger partial charge in [0.05, 0.1) is 17.6 Å². The zero-order chi connectivity index (χ0) is 19.5.